The van der Waals surface area contributed by atoms with Crippen molar-refractivity contribution in [3.63, 3.8) is 0 Å². The molecule has 5 heteroatoms. The molecule has 0 saturated carbocycles. The Kier molecular flexibility index (Phi) is 3.72. The molecule has 0 fully saturated rings. The molecule has 0 aliphatic heterocycles. The van der Waals surface area contributed by atoms with Gasteiger partial charge in [0.2, 0.25) is 0 Å². The number of hydrogen-bond acceptors (Lipinski definition) is 4. The van der Waals surface area contributed by atoms with Crippen molar-refractivity contribution in [3.8, 4) is 0 Å². The van der Waals surface area contributed by atoms with Gasteiger partial charge in [0, 0.05) is 0 Å². The Hall–Kier alpha value is -1.07. The Morgan fingerprint density at radius 3 is 2.54 bits per heavy atom. The van der Waals surface area contributed by atoms with E-state index >= 15 is 0 Å². The molecular weight excluding hydrogens is 188 g/mol. The van der Waals surface area contributed by atoms with E-state index in [0.717, 1.165) is 5.56 Å². The van der Waals surface area contributed by atoms with Gasteiger partial charge in [0.15, 0.2) is 0 Å². The fourth-order valence-corrected chi connectivity index (χ4v) is 0.921. The van der Waals surface area contributed by atoms with Crippen LogP contribution < -0.4 is 0 Å². The van der Waals surface area contributed by atoms with Crippen LogP contribution in [0.4, 0.5) is 5.69 Å². The summed E-state index contributed by atoms with van der Waals surface area (Å²) in [7, 11) is 0. The lowest BCUT2D eigenvalue weighted by atomic mass is 10.2. The average molecular weight is 197 g/mol. The fraction of sp³-hybridized carbons (Fsp3) is 0.250. The van der Waals surface area contributed by atoms with Crippen molar-refractivity contribution in [1.29, 1.82) is 0 Å². The van der Waals surface area contributed by atoms with Gasteiger partial charge in [0.1, 0.15) is 5.88 Å². The first-order valence-corrected chi connectivity index (χ1v) is 4.93. The molecule has 1 rings (SSSR count). The molecule has 1 unspecified atom stereocenters. The second kappa shape index (κ2) is 4.84. The first-order valence-electron chi connectivity index (χ1n) is 3.68. The SMILES string of the molecule is Cc1ccc(N=NCS(=O)[O-])cc1. The van der Waals surface area contributed by atoms with Gasteiger partial charge in [-0.25, -0.2) is 0 Å². The molecule has 0 N–H and O–H groups in total. The molecule has 0 heterocycles. The average Bonchev–Trinajstić information content (AvgIpc) is 2.08. The number of azo groups is 1. The normalized spacial score (nSPS) is 13.4. The van der Waals surface area contributed by atoms with Crippen molar-refractivity contribution in [1.82, 2.24) is 0 Å². The second-order valence-corrected chi connectivity index (χ2v) is 3.38. The van der Waals surface area contributed by atoms with Gasteiger partial charge in [-0.3, -0.25) is 4.21 Å². The summed E-state index contributed by atoms with van der Waals surface area (Å²) in [6.07, 6.45) is 0. The van der Waals surface area contributed by atoms with Crippen LogP contribution in [0.1, 0.15) is 5.56 Å². The van der Waals surface area contributed by atoms with Crippen LogP contribution in [-0.4, -0.2) is 14.6 Å². The summed E-state index contributed by atoms with van der Waals surface area (Å²) in [5, 5.41) is 7.20. The Balaban J connectivity index is 2.59. The summed E-state index contributed by atoms with van der Waals surface area (Å²) >= 11 is -2.15. The van der Waals surface area contributed by atoms with Gasteiger partial charge in [0.05, 0.1) is 5.69 Å². The largest absolute Gasteiger partial charge is 0.771 e. The van der Waals surface area contributed by atoms with E-state index in [2.05, 4.69) is 10.2 Å². The zero-order valence-corrected chi connectivity index (χ0v) is 7.95. The predicted molar refractivity (Wildman–Crippen MR) is 49.5 cm³/mol. The van der Waals surface area contributed by atoms with Gasteiger partial charge in [-0.05, 0) is 30.1 Å². The van der Waals surface area contributed by atoms with E-state index in [0.29, 0.717) is 5.69 Å². The van der Waals surface area contributed by atoms with Crippen LogP contribution in [-0.2, 0) is 11.1 Å². The van der Waals surface area contributed by atoms with Crippen molar-refractivity contribution in [2.75, 3.05) is 5.88 Å². The fourth-order valence-electron chi connectivity index (χ4n) is 0.769. The summed E-state index contributed by atoms with van der Waals surface area (Å²) in [6, 6.07) is 7.35. The number of nitrogens with zero attached hydrogens (tertiary/aromatic N) is 2. The quantitative estimate of drug-likeness (QED) is 0.548. The molecule has 1 aromatic carbocycles. The predicted octanol–water partition coefficient (Wildman–Crippen LogP) is 1.92. The Bertz CT molecular complexity index is 321. The number of hydrogen-bond donors (Lipinski definition) is 0. The van der Waals surface area contributed by atoms with Crippen LogP contribution in [0.5, 0.6) is 0 Å². The van der Waals surface area contributed by atoms with E-state index in [1.54, 1.807) is 12.1 Å². The molecule has 0 saturated heterocycles. The summed E-state index contributed by atoms with van der Waals surface area (Å²) < 4.78 is 20.2. The standard InChI is InChI=1S/C8H10N2O2S/c1-7-2-4-8(5-3-7)10-9-6-13(11)12/h2-5H,6H2,1H3,(H,11,12)/p-1. The number of aryl methyl sites for hydroxylation is 1. The molecule has 1 aromatic rings. The van der Waals surface area contributed by atoms with E-state index in [1.165, 1.54) is 0 Å². The molecule has 0 aliphatic carbocycles. The van der Waals surface area contributed by atoms with Crippen LogP contribution in [0.2, 0.25) is 0 Å². The molecule has 0 aromatic heterocycles. The summed E-state index contributed by atoms with van der Waals surface area (Å²) in [6.45, 7) is 1.97. The van der Waals surface area contributed by atoms with Gasteiger partial charge in [0.25, 0.3) is 0 Å². The summed E-state index contributed by atoms with van der Waals surface area (Å²) in [5.74, 6) is -0.284. The minimum atomic E-state index is -2.15. The van der Waals surface area contributed by atoms with Crippen LogP contribution in [0.25, 0.3) is 0 Å². The van der Waals surface area contributed by atoms with Crippen molar-refractivity contribution in [2.24, 2.45) is 10.2 Å². The lowest BCUT2D eigenvalue weighted by Gasteiger charge is -1.97. The lowest BCUT2D eigenvalue weighted by molar-refractivity contribution is 0.536. The van der Waals surface area contributed by atoms with Crippen LogP contribution >= 0.6 is 0 Å². The molecule has 13 heavy (non-hydrogen) atoms. The van der Waals surface area contributed by atoms with E-state index in [-0.39, 0.29) is 5.88 Å². The zero-order valence-electron chi connectivity index (χ0n) is 7.14. The third-order valence-electron chi connectivity index (χ3n) is 1.38. The molecule has 0 radical (unpaired) electrons. The topological polar surface area (TPSA) is 64.8 Å². The van der Waals surface area contributed by atoms with Crippen molar-refractivity contribution < 1.29 is 8.76 Å². The maximum Gasteiger partial charge on any atom is 0.122 e. The molecule has 70 valence electrons. The number of benzene rings is 1. The first kappa shape index (κ1) is 10.0. The van der Waals surface area contributed by atoms with Gasteiger partial charge in [-0.15, -0.1) is 0 Å². The third-order valence-corrected chi connectivity index (χ3v) is 1.71. The molecule has 1 atom stereocenters. The summed E-state index contributed by atoms with van der Waals surface area (Å²) in [5.41, 5.74) is 1.79. The maximum absolute atomic E-state index is 10.1. The highest BCUT2D eigenvalue weighted by atomic mass is 32.2. The van der Waals surface area contributed by atoms with Gasteiger partial charge in [-0.2, -0.15) is 10.2 Å². The van der Waals surface area contributed by atoms with Crippen LogP contribution in [0.15, 0.2) is 34.5 Å². The number of rotatable bonds is 3. The minimum Gasteiger partial charge on any atom is -0.771 e. The van der Waals surface area contributed by atoms with E-state index in [1.807, 2.05) is 19.1 Å². The third kappa shape index (κ3) is 3.91. The highest BCUT2D eigenvalue weighted by Crippen LogP contribution is 2.12. The molecular formula is C8H9N2O2S-. The zero-order chi connectivity index (χ0) is 9.68. The second-order valence-electron chi connectivity index (χ2n) is 2.51. The van der Waals surface area contributed by atoms with Gasteiger partial charge >= 0.3 is 0 Å². The lowest BCUT2D eigenvalue weighted by Crippen LogP contribution is -1.88. The van der Waals surface area contributed by atoms with E-state index in [4.69, 9.17) is 0 Å². The van der Waals surface area contributed by atoms with Crippen molar-refractivity contribution in [3.05, 3.63) is 29.8 Å². The molecule has 0 bridgehead atoms. The Labute approximate surface area is 79.0 Å². The Morgan fingerprint density at radius 2 is 2.00 bits per heavy atom. The monoisotopic (exact) mass is 197 g/mol. The van der Waals surface area contributed by atoms with Crippen LogP contribution in [0, 0.1) is 6.92 Å². The van der Waals surface area contributed by atoms with Gasteiger partial charge in [-0.1, -0.05) is 17.7 Å². The van der Waals surface area contributed by atoms with E-state index in [9.17, 15) is 8.76 Å². The van der Waals surface area contributed by atoms with Crippen LogP contribution in [0.3, 0.4) is 0 Å². The molecule has 0 amide bonds. The molecule has 4 nitrogen and oxygen atoms in total. The van der Waals surface area contributed by atoms with Gasteiger partial charge < -0.3 is 4.55 Å². The summed E-state index contributed by atoms with van der Waals surface area (Å²) in [4.78, 5) is 0. The van der Waals surface area contributed by atoms with Crippen molar-refractivity contribution in [2.45, 2.75) is 6.92 Å². The maximum atomic E-state index is 10.1. The highest BCUT2D eigenvalue weighted by Gasteiger charge is 1.87. The molecule has 0 aliphatic rings. The van der Waals surface area contributed by atoms with Crippen molar-refractivity contribution >= 4 is 16.8 Å². The van der Waals surface area contributed by atoms with E-state index < -0.39 is 11.1 Å². The smallest absolute Gasteiger partial charge is 0.122 e. The minimum absolute atomic E-state index is 0.284. The Morgan fingerprint density at radius 1 is 1.38 bits per heavy atom. The highest BCUT2D eigenvalue weighted by molar-refractivity contribution is 7.79. The first-order chi connectivity index (χ1) is 6.18. The molecule has 0 spiro atoms.